The van der Waals surface area contributed by atoms with Crippen molar-refractivity contribution in [1.29, 1.82) is 0 Å². The zero-order valence-corrected chi connectivity index (χ0v) is 13.7. The molecule has 23 heavy (non-hydrogen) atoms. The molecule has 2 aromatic heterocycles. The average molecular weight is 316 g/mol. The minimum Gasteiger partial charge on any atom is -0.472 e. The van der Waals surface area contributed by atoms with E-state index in [2.05, 4.69) is 9.88 Å². The van der Waals surface area contributed by atoms with Crippen molar-refractivity contribution in [2.24, 2.45) is 5.92 Å². The maximum absolute atomic E-state index is 5.82. The lowest BCUT2D eigenvalue weighted by Crippen LogP contribution is -2.33. The molecule has 0 bridgehead atoms. The molecule has 1 aliphatic heterocycles. The molecule has 2 fully saturated rings. The molecule has 0 N–H and O–H groups in total. The molecule has 1 saturated carbocycles. The number of rotatable bonds is 7. The van der Waals surface area contributed by atoms with Crippen LogP contribution < -0.4 is 0 Å². The quantitative estimate of drug-likeness (QED) is 0.780. The van der Waals surface area contributed by atoms with E-state index in [0.29, 0.717) is 12.0 Å². The number of hydrogen-bond acceptors (Lipinski definition) is 5. The molecule has 0 radical (unpaired) electrons. The van der Waals surface area contributed by atoms with Crippen LogP contribution in [0.15, 0.2) is 27.4 Å². The van der Waals surface area contributed by atoms with E-state index in [9.17, 15) is 0 Å². The average Bonchev–Trinajstić information content (AvgIpc) is 2.99. The van der Waals surface area contributed by atoms with Gasteiger partial charge in [0.05, 0.1) is 23.6 Å². The summed E-state index contributed by atoms with van der Waals surface area (Å²) in [6.45, 7) is 5.89. The van der Waals surface area contributed by atoms with Crippen LogP contribution in [0.25, 0.3) is 11.5 Å². The third-order valence-electron chi connectivity index (χ3n) is 4.73. The van der Waals surface area contributed by atoms with Crippen molar-refractivity contribution in [3.8, 4) is 11.5 Å². The highest BCUT2D eigenvalue weighted by Crippen LogP contribution is 2.31. The third-order valence-corrected chi connectivity index (χ3v) is 4.73. The molecule has 2 aliphatic rings. The lowest BCUT2D eigenvalue weighted by atomic mass is 10.2. The van der Waals surface area contributed by atoms with E-state index in [-0.39, 0.29) is 0 Å². The molecule has 5 nitrogen and oxygen atoms in total. The Bertz CT molecular complexity index is 625. The van der Waals surface area contributed by atoms with Gasteiger partial charge in [-0.1, -0.05) is 0 Å². The zero-order valence-electron chi connectivity index (χ0n) is 13.7. The van der Waals surface area contributed by atoms with Crippen molar-refractivity contribution in [2.75, 3.05) is 19.7 Å². The second kappa shape index (κ2) is 6.49. The van der Waals surface area contributed by atoms with Crippen LogP contribution in [0, 0.1) is 12.8 Å². The maximum atomic E-state index is 5.82. The summed E-state index contributed by atoms with van der Waals surface area (Å²) in [5.74, 6) is 2.40. The Balaban J connectivity index is 1.46. The van der Waals surface area contributed by atoms with Crippen molar-refractivity contribution in [3.63, 3.8) is 0 Å². The number of ether oxygens (including phenoxy) is 1. The molecule has 0 amide bonds. The van der Waals surface area contributed by atoms with Gasteiger partial charge in [-0.3, -0.25) is 4.90 Å². The van der Waals surface area contributed by atoms with E-state index < -0.39 is 0 Å². The van der Waals surface area contributed by atoms with Crippen LogP contribution in [-0.4, -0.2) is 35.7 Å². The van der Waals surface area contributed by atoms with E-state index in [1.165, 1.54) is 25.7 Å². The van der Waals surface area contributed by atoms with Gasteiger partial charge in [0, 0.05) is 26.2 Å². The monoisotopic (exact) mass is 316 g/mol. The van der Waals surface area contributed by atoms with Gasteiger partial charge in [0.2, 0.25) is 5.89 Å². The molecule has 3 heterocycles. The van der Waals surface area contributed by atoms with Crippen LogP contribution in [0.5, 0.6) is 0 Å². The molecule has 1 aliphatic carbocycles. The first-order valence-electron chi connectivity index (χ1n) is 8.61. The fraction of sp³-hybridized carbons (Fsp3) is 0.611. The van der Waals surface area contributed by atoms with Crippen molar-refractivity contribution >= 4 is 0 Å². The van der Waals surface area contributed by atoms with Crippen LogP contribution in [-0.2, 0) is 11.3 Å². The number of furan rings is 1. The van der Waals surface area contributed by atoms with Crippen molar-refractivity contribution < 1.29 is 13.6 Å². The van der Waals surface area contributed by atoms with Gasteiger partial charge >= 0.3 is 0 Å². The van der Waals surface area contributed by atoms with E-state index >= 15 is 0 Å². The third kappa shape index (κ3) is 3.67. The lowest BCUT2D eigenvalue weighted by molar-refractivity contribution is 0.0684. The first-order valence-corrected chi connectivity index (χ1v) is 8.61. The molecule has 1 atom stereocenters. The zero-order chi connectivity index (χ0) is 15.6. The summed E-state index contributed by atoms with van der Waals surface area (Å²) in [5, 5.41) is 0. The van der Waals surface area contributed by atoms with Gasteiger partial charge in [-0.15, -0.1) is 0 Å². The van der Waals surface area contributed by atoms with E-state index in [1.807, 2.05) is 13.0 Å². The molecule has 0 unspecified atom stereocenters. The highest BCUT2D eigenvalue weighted by Gasteiger charge is 2.28. The van der Waals surface area contributed by atoms with Crippen LogP contribution in [0.4, 0.5) is 0 Å². The van der Waals surface area contributed by atoms with Crippen LogP contribution in [0.1, 0.15) is 37.1 Å². The van der Waals surface area contributed by atoms with Crippen molar-refractivity contribution in [1.82, 2.24) is 9.88 Å². The summed E-state index contributed by atoms with van der Waals surface area (Å²) < 4.78 is 16.8. The number of nitrogens with zero attached hydrogens (tertiary/aromatic N) is 2. The van der Waals surface area contributed by atoms with Gasteiger partial charge < -0.3 is 13.6 Å². The fourth-order valence-electron chi connectivity index (χ4n) is 3.24. The van der Waals surface area contributed by atoms with Gasteiger partial charge in [0.1, 0.15) is 12.0 Å². The Morgan fingerprint density at radius 3 is 2.87 bits per heavy atom. The van der Waals surface area contributed by atoms with Crippen molar-refractivity contribution in [3.05, 3.63) is 30.0 Å². The second-order valence-electron chi connectivity index (χ2n) is 6.81. The predicted octanol–water partition coefficient (Wildman–Crippen LogP) is 3.63. The summed E-state index contributed by atoms with van der Waals surface area (Å²) in [6, 6.07) is 1.88. The van der Waals surface area contributed by atoms with Gasteiger partial charge in [-0.2, -0.15) is 0 Å². The number of hydrogen-bond donors (Lipinski definition) is 0. The minimum atomic E-state index is 0.384. The summed E-state index contributed by atoms with van der Waals surface area (Å²) in [6.07, 6.45) is 8.79. The fourth-order valence-corrected chi connectivity index (χ4v) is 3.24. The summed E-state index contributed by atoms with van der Waals surface area (Å²) >= 11 is 0. The molecule has 0 aromatic carbocycles. The topological polar surface area (TPSA) is 51.6 Å². The molecular formula is C18H24N2O3. The number of aromatic nitrogens is 1. The Morgan fingerprint density at radius 1 is 1.26 bits per heavy atom. The second-order valence-corrected chi connectivity index (χ2v) is 6.81. The standard InChI is InChI=1S/C18H24N2O3/c1-13-17(19-18(23-13)15-6-8-21-12-15)11-20(9-14-4-5-14)10-16-3-2-7-22-16/h6,8,12,14,16H,2-5,7,9-11H2,1H3/t16-/m0/s1. The Hall–Kier alpha value is -1.59. The largest absolute Gasteiger partial charge is 0.472 e. The Labute approximate surface area is 136 Å². The molecule has 2 aromatic rings. The molecular weight excluding hydrogens is 292 g/mol. The van der Waals surface area contributed by atoms with Gasteiger partial charge in [0.25, 0.3) is 0 Å². The predicted molar refractivity (Wildman–Crippen MR) is 85.9 cm³/mol. The SMILES string of the molecule is Cc1oc(-c2ccoc2)nc1CN(CC1CC1)C[C@@H]1CCCO1. The molecule has 0 spiro atoms. The number of oxazole rings is 1. The lowest BCUT2D eigenvalue weighted by Gasteiger charge is -2.24. The van der Waals surface area contributed by atoms with E-state index in [4.69, 9.17) is 13.6 Å². The van der Waals surface area contributed by atoms with Gasteiger partial charge in [-0.05, 0) is 44.6 Å². The van der Waals surface area contributed by atoms with Crippen LogP contribution in [0.2, 0.25) is 0 Å². The smallest absolute Gasteiger partial charge is 0.229 e. The highest BCUT2D eigenvalue weighted by atomic mass is 16.5. The Kier molecular flexibility index (Phi) is 4.23. The number of aryl methyl sites for hydroxylation is 1. The summed E-state index contributed by atoms with van der Waals surface area (Å²) in [4.78, 5) is 7.18. The molecule has 5 heteroatoms. The molecule has 4 rings (SSSR count). The normalized spacial score (nSPS) is 21.4. The van der Waals surface area contributed by atoms with E-state index in [1.54, 1.807) is 12.5 Å². The van der Waals surface area contributed by atoms with Gasteiger partial charge in [0.15, 0.2) is 0 Å². The van der Waals surface area contributed by atoms with Crippen LogP contribution >= 0.6 is 0 Å². The first kappa shape index (κ1) is 15.0. The first-order chi connectivity index (χ1) is 11.3. The van der Waals surface area contributed by atoms with Crippen molar-refractivity contribution in [2.45, 2.75) is 45.3 Å². The Morgan fingerprint density at radius 2 is 2.17 bits per heavy atom. The maximum Gasteiger partial charge on any atom is 0.229 e. The summed E-state index contributed by atoms with van der Waals surface area (Å²) in [7, 11) is 0. The van der Waals surface area contributed by atoms with E-state index in [0.717, 1.165) is 49.2 Å². The summed E-state index contributed by atoms with van der Waals surface area (Å²) in [5.41, 5.74) is 1.92. The highest BCUT2D eigenvalue weighted by molar-refractivity contribution is 5.51. The van der Waals surface area contributed by atoms with Crippen LogP contribution in [0.3, 0.4) is 0 Å². The van der Waals surface area contributed by atoms with Gasteiger partial charge in [-0.25, -0.2) is 4.98 Å². The molecule has 124 valence electrons. The molecule has 1 saturated heterocycles. The minimum absolute atomic E-state index is 0.384.